The van der Waals surface area contributed by atoms with E-state index in [9.17, 15) is 22.8 Å². The summed E-state index contributed by atoms with van der Waals surface area (Å²) in [6, 6.07) is 12.4. The van der Waals surface area contributed by atoms with Gasteiger partial charge in [0.25, 0.3) is 11.8 Å². The van der Waals surface area contributed by atoms with Crippen molar-refractivity contribution in [3.8, 4) is 0 Å². The molecule has 0 bridgehead atoms. The van der Waals surface area contributed by atoms with Crippen LogP contribution in [0.15, 0.2) is 53.4 Å². The number of nitrogens with zero attached hydrogens (tertiary/aromatic N) is 3. The van der Waals surface area contributed by atoms with Crippen LogP contribution in [0, 0.1) is 0 Å². The smallest absolute Gasteiger partial charge is 0.262 e. The van der Waals surface area contributed by atoms with E-state index in [0.29, 0.717) is 17.0 Å². The molecule has 1 atom stereocenters. The number of imide groups is 1. The van der Waals surface area contributed by atoms with Crippen molar-refractivity contribution in [2.24, 2.45) is 0 Å². The van der Waals surface area contributed by atoms with Gasteiger partial charge in [0.15, 0.2) is 0 Å². The van der Waals surface area contributed by atoms with E-state index >= 15 is 0 Å². The molecule has 0 aliphatic carbocycles. The third-order valence-electron chi connectivity index (χ3n) is 6.31. The average molecular weight is 470 g/mol. The van der Waals surface area contributed by atoms with Crippen molar-refractivity contribution >= 4 is 27.7 Å². The molecule has 0 saturated carbocycles. The Labute approximate surface area is 193 Å². The first kappa shape index (κ1) is 23.1. The first-order valence-corrected chi connectivity index (χ1v) is 12.4. The Morgan fingerprint density at radius 3 is 1.82 bits per heavy atom. The summed E-state index contributed by atoms with van der Waals surface area (Å²) < 4.78 is 27.4. The summed E-state index contributed by atoms with van der Waals surface area (Å²) in [7, 11) is -3.67. The Hall–Kier alpha value is -3.04. The Morgan fingerprint density at radius 1 is 0.818 bits per heavy atom. The molecule has 1 fully saturated rings. The van der Waals surface area contributed by atoms with E-state index in [1.807, 2.05) is 26.0 Å². The molecule has 33 heavy (non-hydrogen) atoms. The maximum atomic E-state index is 13.1. The number of sulfonamides is 1. The molecule has 1 unspecified atom stereocenters. The molecule has 2 aromatic carbocycles. The lowest BCUT2D eigenvalue weighted by molar-refractivity contribution is -0.136. The van der Waals surface area contributed by atoms with Gasteiger partial charge >= 0.3 is 0 Å². The summed E-state index contributed by atoms with van der Waals surface area (Å²) in [5.41, 5.74) is 1.65. The van der Waals surface area contributed by atoms with Gasteiger partial charge in [-0.3, -0.25) is 19.3 Å². The Balaban J connectivity index is 1.42. The second-order valence-electron chi connectivity index (χ2n) is 8.65. The van der Waals surface area contributed by atoms with Gasteiger partial charge in [0, 0.05) is 26.2 Å². The predicted molar refractivity (Wildman–Crippen MR) is 122 cm³/mol. The van der Waals surface area contributed by atoms with Crippen LogP contribution in [0.1, 0.15) is 53.0 Å². The number of benzene rings is 2. The van der Waals surface area contributed by atoms with Gasteiger partial charge in [0.2, 0.25) is 15.9 Å². The van der Waals surface area contributed by atoms with Crippen LogP contribution in [-0.2, 0) is 14.8 Å². The fourth-order valence-corrected chi connectivity index (χ4v) is 5.68. The highest BCUT2D eigenvalue weighted by Crippen LogP contribution is 2.26. The van der Waals surface area contributed by atoms with E-state index in [1.165, 1.54) is 16.1 Å². The number of carbonyl (C=O) groups excluding carboxylic acids is 3. The third-order valence-corrected chi connectivity index (χ3v) is 8.22. The van der Waals surface area contributed by atoms with Crippen molar-refractivity contribution < 1.29 is 22.8 Å². The summed E-state index contributed by atoms with van der Waals surface area (Å²) in [4.78, 5) is 41.2. The standard InChI is InChI=1S/C24H27N3O5S/c1-16(2)18-8-10-19(11-9-18)33(31,32)26-14-12-25(13-15-26)22(28)17(3)27-23(29)20-6-4-5-7-21(20)24(27)30/h4-11,16-17H,12-15H2,1-3H3. The molecule has 0 spiro atoms. The zero-order chi connectivity index (χ0) is 23.9. The molecule has 8 nitrogen and oxygen atoms in total. The molecule has 3 amide bonds. The summed E-state index contributed by atoms with van der Waals surface area (Å²) in [6.45, 7) is 6.30. The number of piperazine rings is 1. The number of hydrogen-bond donors (Lipinski definition) is 0. The molecule has 1 saturated heterocycles. The number of hydrogen-bond acceptors (Lipinski definition) is 5. The second kappa shape index (κ2) is 8.72. The Bertz CT molecular complexity index is 1160. The molecule has 2 aliphatic heterocycles. The summed E-state index contributed by atoms with van der Waals surface area (Å²) >= 11 is 0. The highest BCUT2D eigenvalue weighted by atomic mass is 32.2. The monoisotopic (exact) mass is 469 g/mol. The molecule has 4 rings (SSSR count). The maximum Gasteiger partial charge on any atom is 0.262 e. The van der Waals surface area contributed by atoms with E-state index in [0.717, 1.165) is 10.5 Å². The Kier molecular flexibility index (Phi) is 6.11. The van der Waals surface area contributed by atoms with Crippen LogP contribution >= 0.6 is 0 Å². The lowest BCUT2D eigenvalue weighted by Crippen LogP contribution is -2.55. The first-order valence-electron chi connectivity index (χ1n) is 11.0. The largest absolute Gasteiger partial charge is 0.338 e. The number of fused-ring (bicyclic) bond motifs is 1. The average Bonchev–Trinajstić information content (AvgIpc) is 3.08. The van der Waals surface area contributed by atoms with E-state index in [4.69, 9.17) is 0 Å². The van der Waals surface area contributed by atoms with Crippen molar-refractivity contribution in [2.45, 2.75) is 37.6 Å². The molecule has 0 aromatic heterocycles. The maximum absolute atomic E-state index is 13.1. The van der Waals surface area contributed by atoms with E-state index in [2.05, 4.69) is 0 Å². The van der Waals surface area contributed by atoms with Crippen LogP contribution in [-0.4, -0.2) is 72.5 Å². The minimum atomic E-state index is -3.67. The molecular weight excluding hydrogens is 442 g/mol. The van der Waals surface area contributed by atoms with Crippen molar-refractivity contribution in [3.05, 3.63) is 65.2 Å². The molecule has 0 radical (unpaired) electrons. The number of carbonyl (C=O) groups is 3. The fourth-order valence-electron chi connectivity index (χ4n) is 4.26. The number of amides is 3. The minimum absolute atomic E-state index is 0.148. The lowest BCUT2D eigenvalue weighted by atomic mass is 10.0. The highest BCUT2D eigenvalue weighted by molar-refractivity contribution is 7.89. The third kappa shape index (κ3) is 4.06. The van der Waals surface area contributed by atoms with Crippen molar-refractivity contribution in [1.82, 2.24) is 14.1 Å². The van der Waals surface area contributed by atoms with Gasteiger partial charge < -0.3 is 4.90 Å². The van der Waals surface area contributed by atoms with Gasteiger partial charge in [-0.25, -0.2) is 8.42 Å². The Morgan fingerprint density at radius 2 is 1.33 bits per heavy atom. The molecule has 2 aromatic rings. The van der Waals surface area contributed by atoms with Gasteiger partial charge in [-0.15, -0.1) is 0 Å². The predicted octanol–water partition coefficient (Wildman–Crippen LogP) is 2.33. The van der Waals surface area contributed by atoms with Gasteiger partial charge in [0.1, 0.15) is 6.04 Å². The SMILES string of the molecule is CC(C)c1ccc(S(=O)(=O)N2CCN(C(=O)C(C)N3C(=O)c4ccccc4C3=O)CC2)cc1. The molecular formula is C24H27N3O5S. The van der Waals surface area contributed by atoms with Gasteiger partial charge in [-0.1, -0.05) is 38.1 Å². The molecule has 9 heteroatoms. The van der Waals surface area contributed by atoms with Crippen LogP contribution < -0.4 is 0 Å². The zero-order valence-electron chi connectivity index (χ0n) is 18.9. The van der Waals surface area contributed by atoms with Crippen LogP contribution in [0.25, 0.3) is 0 Å². The summed E-state index contributed by atoms with van der Waals surface area (Å²) in [5.74, 6) is -1.03. The number of rotatable bonds is 5. The van der Waals surface area contributed by atoms with Crippen molar-refractivity contribution in [1.29, 1.82) is 0 Å². The fraction of sp³-hybridized carbons (Fsp3) is 0.375. The van der Waals surface area contributed by atoms with Gasteiger partial charge in [-0.2, -0.15) is 4.31 Å². The minimum Gasteiger partial charge on any atom is -0.338 e. The molecule has 2 aliphatic rings. The first-order chi connectivity index (χ1) is 15.6. The summed E-state index contributed by atoms with van der Waals surface area (Å²) in [6.07, 6.45) is 0. The lowest BCUT2D eigenvalue weighted by Gasteiger charge is -2.36. The van der Waals surface area contributed by atoms with Crippen molar-refractivity contribution in [2.75, 3.05) is 26.2 Å². The molecule has 174 valence electrons. The van der Waals surface area contributed by atoms with Crippen LogP contribution in [0.4, 0.5) is 0 Å². The second-order valence-corrected chi connectivity index (χ2v) is 10.6. The van der Waals surface area contributed by atoms with Gasteiger partial charge in [-0.05, 0) is 42.7 Å². The van der Waals surface area contributed by atoms with Crippen LogP contribution in [0.2, 0.25) is 0 Å². The molecule has 0 N–H and O–H groups in total. The van der Waals surface area contributed by atoms with E-state index in [1.54, 1.807) is 36.4 Å². The normalized spacial score (nSPS) is 18.1. The topological polar surface area (TPSA) is 95.1 Å². The van der Waals surface area contributed by atoms with Crippen molar-refractivity contribution in [3.63, 3.8) is 0 Å². The highest BCUT2D eigenvalue weighted by Gasteiger charge is 2.42. The van der Waals surface area contributed by atoms with Crippen LogP contribution in [0.5, 0.6) is 0 Å². The summed E-state index contributed by atoms with van der Waals surface area (Å²) in [5, 5.41) is 0. The molecule has 2 heterocycles. The van der Waals surface area contributed by atoms with E-state index in [-0.39, 0.29) is 37.0 Å². The van der Waals surface area contributed by atoms with Crippen LogP contribution in [0.3, 0.4) is 0 Å². The van der Waals surface area contributed by atoms with Gasteiger partial charge in [0.05, 0.1) is 16.0 Å². The van der Waals surface area contributed by atoms with E-state index < -0.39 is 27.9 Å². The zero-order valence-corrected chi connectivity index (χ0v) is 19.7. The quantitative estimate of drug-likeness (QED) is 0.627.